The maximum absolute atomic E-state index is 11.2. The maximum atomic E-state index is 11.2. The second-order valence-corrected chi connectivity index (χ2v) is 4.57. The van der Waals surface area contributed by atoms with E-state index in [-0.39, 0.29) is 5.97 Å². The molecular weight excluding hydrogens is 303 g/mol. The highest BCUT2D eigenvalue weighted by atomic mass is 127. The van der Waals surface area contributed by atoms with E-state index in [1.807, 2.05) is 47.7 Å². The molecular formula is C12H15IO2. The molecule has 0 unspecified atom stereocenters. The summed E-state index contributed by atoms with van der Waals surface area (Å²) in [6.07, 6.45) is 0. The summed E-state index contributed by atoms with van der Waals surface area (Å²) in [5.41, 5.74) is 2.19. The fraction of sp³-hybridized carbons (Fsp3) is 0.417. The van der Waals surface area contributed by atoms with Crippen molar-refractivity contribution in [3.8, 4) is 5.75 Å². The fourth-order valence-electron chi connectivity index (χ4n) is 1.36. The molecule has 0 saturated heterocycles. The van der Waals surface area contributed by atoms with Crippen LogP contribution in [-0.2, 0) is 4.79 Å². The molecule has 0 aliphatic carbocycles. The number of hydrogen-bond donors (Lipinski definition) is 0. The molecule has 0 amide bonds. The summed E-state index contributed by atoms with van der Waals surface area (Å²) >= 11 is 2.00. The number of rotatable bonds is 3. The van der Waals surface area contributed by atoms with Crippen LogP contribution in [-0.4, -0.2) is 10.4 Å². The maximum Gasteiger partial charge on any atom is 0.321 e. The number of halogens is 1. The van der Waals surface area contributed by atoms with Crippen molar-refractivity contribution >= 4 is 28.6 Å². The largest absolute Gasteiger partial charge is 0.426 e. The first-order valence-electron chi connectivity index (χ1n) is 4.91. The predicted molar refractivity (Wildman–Crippen MR) is 69.8 cm³/mol. The van der Waals surface area contributed by atoms with Gasteiger partial charge in [0.1, 0.15) is 5.75 Å². The van der Waals surface area contributed by atoms with Crippen LogP contribution in [0.2, 0.25) is 0 Å². The summed E-state index contributed by atoms with van der Waals surface area (Å²) in [7, 11) is 0. The van der Waals surface area contributed by atoms with Gasteiger partial charge in [-0.3, -0.25) is 4.79 Å². The molecule has 0 aliphatic heterocycles. The highest BCUT2D eigenvalue weighted by molar-refractivity contribution is 14.1. The molecule has 0 saturated carbocycles. The Morgan fingerprint density at radius 3 is 2.67 bits per heavy atom. The van der Waals surface area contributed by atoms with Crippen LogP contribution in [0.3, 0.4) is 0 Å². The van der Waals surface area contributed by atoms with Crippen molar-refractivity contribution in [1.82, 2.24) is 0 Å². The number of aryl methyl sites for hydroxylation is 1. The van der Waals surface area contributed by atoms with E-state index in [9.17, 15) is 4.79 Å². The summed E-state index contributed by atoms with van der Waals surface area (Å²) in [5, 5.41) is 0. The van der Waals surface area contributed by atoms with Crippen molar-refractivity contribution < 1.29 is 9.53 Å². The van der Waals surface area contributed by atoms with Crippen LogP contribution < -0.4 is 4.74 Å². The van der Waals surface area contributed by atoms with Gasteiger partial charge in [0.15, 0.2) is 0 Å². The van der Waals surface area contributed by atoms with Gasteiger partial charge in [-0.15, -0.1) is 0 Å². The molecule has 0 aliphatic rings. The zero-order chi connectivity index (χ0) is 11.4. The van der Waals surface area contributed by atoms with Gasteiger partial charge in [-0.2, -0.15) is 0 Å². The number of alkyl halides is 1. The van der Waals surface area contributed by atoms with Gasteiger partial charge in [-0.05, 0) is 30.0 Å². The quantitative estimate of drug-likeness (QED) is 0.369. The Morgan fingerprint density at radius 1 is 1.47 bits per heavy atom. The van der Waals surface area contributed by atoms with Crippen molar-refractivity contribution in [2.45, 2.75) is 26.7 Å². The topological polar surface area (TPSA) is 26.3 Å². The summed E-state index contributed by atoms with van der Waals surface area (Å²) < 4.78 is 5.67. The van der Waals surface area contributed by atoms with Crippen LogP contribution in [0.15, 0.2) is 18.2 Å². The monoisotopic (exact) mass is 318 g/mol. The van der Waals surface area contributed by atoms with Crippen molar-refractivity contribution in [1.29, 1.82) is 0 Å². The van der Waals surface area contributed by atoms with E-state index in [0.29, 0.717) is 16.1 Å². The Balaban J connectivity index is 3.02. The van der Waals surface area contributed by atoms with Gasteiger partial charge in [0.25, 0.3) is 0 Å². The normalized spacial score (nSPS) is 10.5. The van der Waals surface area contributed by atoms with Crippen molar-refractivity contribution in [3.63, 3.8) is 0 Å². The number of ether oxygens (including phenoxy) is 1. The van der Waals surface area contributed by atoms with Crippen LogP contribution >= 0.6 is 22.6 Å². The van der Waals surface area contributed by atoms with E-state index in [1.165, 1.54) is 0 Å². The molecule has 0 N–H and O–H groups in total. The van der Waals surface area contributed by atoms with Crippen molar-refractivity contribution in [2.75, 3.05) is 4.43 Å². The Morgan fingerprint density at radius 2 is 2.13 bits per heavy atom. The first-order valence-corrected chi connectivity index (χ1v) is 6.44. The third kappa shape index (κ3) is 3.48. The van der Waals surface area contributed by atoms with Gasteiger partial charge in [0, 0.05) is 0 Å². The lowest BCUT2D eigenvalue weighted by atomic mass is 10.0. The SMILES string of the molecule is Cc1ccc(C(C)C)c(OC(=O)CI)c1. The Kier molecular flexibility index (Phi) is 4.57. The molecule has 0 fully saturated rings. The summed E-state index contributed by atoms with van der Waals surface area (Å²) in [6.45, 7) is 6.17. The number of carbonyl (C=O) groups is 1. The van der Waals surface area contributed by atoms with E-state index >= 15 is 0 Å². The standard InChI is InChI=1S/C12H15IO2/c1-8(2)10-5-4-9(3)6-11(10)15-12(14)7-13/h4-6,8H,7H2,1-3H3. The van der Waals surface area contributed by atoms with Crippen LogP contribution in [0.5, 0.6) is 5.75 Å². The second-order valence-electron chi connectivity index (χ2n) is 3.80. The van der Waals surface area contributed by atoms with E-state index in [0.717, 1.165) is 11.1 Å². The Labute approximate surface area is 104 Å². The number of esters is 1. The van der Waals surface area contributed by atoms with Gasteiger partial charge in [0.05, 0.1) is 4.43 Å². The molecule has 1 rings (SSSR count). The van der Waals surface area contributed by atoms with E-state index in [1.54, 1.807) is 0 Å². The van der Waals surface area contributed by atoms with E-state index < -0.39 is 0 Å². The first kappa shape index (κ1) is 12.5. The molecule has 0 spiro atoms. The minimum absolute atomic E-state index is 0.192. The molecule has 1 aromatic carbocycles. The van der Waals surface area contributed by atoms with Crippen LogP contribution in [0, 0.1) is 6.92 Å². The second kappa shape index (κ2) is 5.49. The van der Waals surface area contributed by atoms with Crippen molar-refractivity contribution in [3.05, 3.63) is 29.3 Å². The molecule has 0 aromatic heterocycles. The van der Waals surface area contributed by atoms with Crippen molar-refractivity contribution in [2.24, 2.45) is 0 Å². The lowest BCUT2D eigenvalue weighted by molar-refractivity contribution is -0.131. The molecule has 3 heteroatoms. The van der Waals surface area contributed by atoms with Gasteiger partial charge < -0.3 is 4.74 Å². The molecule has 0 bridgehead atoms. The third-order valence-electron chi connectivity index (χ3n) is 2.12. The Bertz CT molecular complexity index is 359. The zero-order valence-corrected chi connectivity index (χ0v) is 11.4. The van der Waals surface area contributed by atoms with Crippen LogP contribution in [0.1, 0.15) is 30.9 Å². The molecule has 0 radical (unpaired) electrons. The number of carbonyl (C=O) groups excluding carboxylic acids is 1. The smallest absolute Gasteiger partial charge is 0.321 e. The summed E-state index contributed by atoms with van der Waals surface area (Å²) in [5.74, 6) is 0.873. The molecule has 15 heavy (non-hydrogen) atoms. The number of benzene rings is 1. The predicted octanol–water partition coefficient (Wildman–Crippen LogP) is 3.46. The molecule has 0 atom stereocenters. The fourth-order valence-corrected chi connectivity index (χ4v) is 1.51. The number of hydrogen-bond acceptors (Lipinski definition) is 2. The molecule has 1 aromatic rings. The van der Waals surface area contributed by atoms with Crippen LogP contribution in [0.4, 0.5) is 0 Å². The summed E-state index contributed by atoms with van der Waals surface area (Å²) in [6, 6.07) is 5.98. The first-order chi connectivity index (χ1) is 7.04. The third-order valence-corrected chi connectivity index (χ3v) is 2.75. The summed E-state index contributed by atoms with van der Waals surface area (Å²) in [4.78, 5) is 11.2. The minimum atomic E-state index is -0.192. The minimum Gasteiger partial charge on any atom is -0.426 e. The van der Waals surface area contributed by atoms with E-state index in [2.05, 4.69) is 13.8 Å². The Hall–Kier alpha value is -0.580. The van der Waals surface area contributed by atoms with E-state index in [4.69, 9.17) is 4.74 Å². The lowest BCUT2D eigenvalue weighted by Crippen LogP contribution is -2.10. The lowest BCUT2D eigenvalue weighted by Gasteiger charge is -2.12. The van der Waals surface area contributed by atoms with Gasteiger partial charge in [-0.25, -0.2) is 0 Å². The van der Waals surface area contributed by atoms with Gasteiger partial charge in [0.2, 0.25) is 0 Å². The highest BCUT2D eigenvalue weighted by Gasteiger charge is 2.11. The average molecular weight is 318 g/mol. The van der Waals surface area contributed by atoms with Crippen LogP contribution in [0.25, 0.3) is 0 Å². The average Bonchev–Trinajstić information content (AvgIpc) is 2.17. The molecule has 82 valence electrons. The highest BCUT2D eigenvalue weighted by Crippen LogP contribution is 2.27. The van der Waals surface area contributed by atoms with Gasteiger partial charge in [-0.1, -0.05) is 48.6 Å². The molecule has 2 nitrogen and oxygen atoms in total. The zero-order valence-electron chi connectivity index (χ0n) is 9.21. The van der Waals surface area contributed by atoms with Gasteiger partial charge >= 0.3 is 5.97 Å². The molecule has 0 heterocycles.